The number of para-hydroxylation sites is 1. The Hall–Kier alpha value is -3.42. The highest BCUT2D eigenvalue weighted by Gasteiger charge is 2.23. The lowest BCUT2D eigenvalue weighted by atomic mass is 10.0. The lowest BCUT2D eigenvalue weighted by molar-refractivity contribution is 0.0187. The van der Waals surface area contributed by atoms with Gasteiger partial charge in [0.15, 0.2) is 5.82 Å². The number of hydrogen-bond acceptors (Lipinski definition) is 6. The molecule has 2 aromatic heterocycles. The number of halogens is 1. The average molecular weight is 429 g/mol. The Bertz CT molecular complexity index is 1180. The van der Waals surface area contributed by atoms with E-state index in [1.807, 2.05) is 48.5 Å². The van der Waals surface area contributed by atoms with Crippen molar-refractivity contribution < 1.29 is 9.13 Å². The molecule has 1 N–H and O–H groups in total. The van der Waals surface area contributed by atoms with E-state index < -0.39 is 0 Å². The highest BCUT2D eigenvalue weighted by atomic mass is 19.1. The first-order valence-electron chi connectivity index (χ1n) is 10.8. The number of aromatic nitrogens is 3. The second kappa shape index (κ2) is 9.38. The molecule has 1 aliphatic heterocycles. The van der Waals surface area contributed by atoms with Crippen LogP contribution >= 0.6 is 0 Å². The van der Waals surface area contributed by atoms with Crippen LogP contribution in [-0.4, -0.2) is 52.7 Å². The Kier molecular flexibility index (Phi) is 6.00. The summed E-state index contributed by atoms with van der Waals surface area (Å²) in [5.41, 5.74) is 2.80. The van der Waals surface area contributed by atoms with Crippen LogP contribution in [-0.2, 0) is 4.74 Å². The fraction of sp³-hybridized carbons (Fsp3) is 0.240. The first-order valence-corrected chi connectivity index (χ1v) is 10.8. The van der Waals surface area contributed by atoms with Crippen molar-refractivity contribution in [1.82, 2.24) is 19.9 Å². The number of nitrogens with one attached hydrogen (secondary N) is 1. The van der Waals surface area contributed by atoms with E-state index >= 15 is 0 Å². The monoisotopic (exact) mass is 429 g/mol. The topological polar surface area (TPSA) is 63.2 Å². The first-order chi connectivity index (χ1) is 15.8. The summed E-state index contributed by atoms with van der Waals surface area (Å²) in [6.07, 6.45) is 3.50. The Morgan fingerprint density at radius 2 is 1.78 bits per heavy atom. The number of nitrogens with zero attached hydrogens (tertiary/aromatic N) is 4. The highest BCUT2D eigenvalue weighted by molar-refractivity contribution is 5.90. The van der Waals surface area contributed by atoms with Crippen molar-refractivity contribution in [2.75, 3.05) is 38.2 Å². The Morgan fingerprint density at radius 3 is 2.56 bits per heavy atom. The van der Waals surface area contributed by atoms with Gasteiger partial charge < -0.3 is 10.1 Å². The molecule has 1 atom stereocenters. The molecule has 0 amide bonds. The molecular formula is C25H24FN5O. The van der Waals surface area contributed by atoms with E-state index in [2.05, 4.69) is 15.2 Å². The van der Waals surface area contributed by atoms with Crippen LogP contribution in [0.25, 0.3) is 22.3 Å². The van der Waals surface area contributed by atoms with Crippen molar-refractivity contribution in [1.29, 1.82) is 0 Å². The lowest BCUT2D eigenvalue weighted by Crippen LogP contribution is -2.41. The molecule has 1 aliphatic rings. The van der Waals surface area contributed by atoms with Gasteiger partial charge in [0, 0.05) is 43.0 Å². The molecule has 0 bridgehead atoms. The maximum absolute atomic E-state index is 13.6. The molecule has 3 heterocycles. The molecule has 0 radical (unpaired) electrons. The highest BCUT2D eigenvalue weighted by Crippen LogP contribution is 2.27. The quantitative estimate of drug-likeness (QED) is 0.493. The molecule has 5 rings (SSSR count). The third-order valence-corrected chi connectivity index (χ3v) is 5.73. The summed E-state index contributed by atoms with van der Waals surface area (Å²) in [5.74, 6) is 1.17. The second-order valence-corrected chi connectivity index (χ2v) is 7.75. The van der Waals surface area contributed by atoms with Crippen molar-refractivity contribution in [2.24, 2.45) is 0 Å². The zero-order valence-electron chi connectivity index (χ0n) is 17.6. The molecule has 32 heavy (non-hydrogen) atoms. The molecule has 0 saturated carbocycles. The Morgan fingerprint density at radius 1 is 0.969 bits per heavy atom. The molecule has 2 aromatic carbocycles. The van der Waals surface area contributed by atoms with Crippen molar-refractivity contribution in [3.05, 3.63) is 84.4 Å². The van der Waals surface area contributed by atoms with E-state index in [0.29, 0.717) is 25.6 Å². The van der Waals surface area contributed by atoms with E-state index in [1.54, 1.807) is 12.4 Å². The molecule has 0 spiro atoms. The van der Waals surface area contributed by atoms with Crippen LogP contribution in [0.15, 0.2) is 73.1 Å². The Labute approximate surface area is 186 Å². The van der Waals surface area contributed by atoms with Gasteiger partial charge in [-0.3, -0.25) is 9.88 Å². The smallest absolute Gasteiger partial charge is 0.163 e. The molecule has 6 nitrogen and oxygen atoms in total. The van der Waals surface area contributed by atoms with Crippen molar-refractivity contribution in [3.63, 3.8) is 0 Å². The van der Waals surface area contributed by atoms with Gasteiger partial charge in [-0.15, -0.1) is 0 Å². The summed E-state index contributed by atoms with van der Waals surface area (Å²) < 4.78 is 19.1. The normalized spacial score (nSPS) is 15.5. The molecule has 4 aromatic rings. The number of hydrogen-bond donors (Lipinski definition) is 1. The predicted octanol–water partition coefficient (Wildman–Crippen LogP) is 4.32. The zero-order valence-corrected chi connectivity index (χ0v) is 17.6. The van der Waals surface area contributed by atoms with E-state index in [-0.39, 0.29) is 11.9 Å². The number of pyridine rings is 1. The van der Waals surface area contributed by atoms with Crippen molar-refractivity contribution >= 4 is 16.7 Å². The number of ether oxygens (including phenoxy) is 1. The minimum absolute atomic E-state index is 0.0649. The first kappa shape index (κ1) is 20.5. The summed E-state index contributed by atoms with van der Waals surface area (Å²) in [5, 5.41) is 4.52. The molecule has 162 valence electrons. The number of morpholine rings is 1. The number of fused-ring (bicyclic) bond motifs is 1. The van der Waals surface area contributed by atoms with E-state index in [4.69, 9.17) is 14.7 Å². The van der Waals surface area contributed by atoms with Crippen LogP contribution in [0.5, 0.6) is 0 Å². The summed E-state index contributed by atoms with van der Waals surface area (Å²) in [7, 11) is 0. The van der Waals surface area contributed by atoms with Crippen LogP contribution in [0.1, 0.15) is 11.6 Å². The molecule has 0 unspecified atom stereocenters. The average Bonchev–Trinajstić information content (AvgIpc) is 2.86. The summed E-state index contributed by atoms with van der Waals surface area (Å²) in [6.45, 7) is 3.67. The van der Waals surface area contributed by atoms with Crippen LogP contribution in [0.2, 0.25) is 0 Å². The van der Waals surface area contributed by atoms with Crippen molar-refractivity contribution in [2.45, 2.75) is 6.04 Å². The summed E-state index contributed by atoms with van der Waals surface area (Å²) in [4.78, 5) is 16.1. The standard InChI is InChI=1S/C25H24FN5O/c26-20-9-7-18(8-10-20)23(31-12-14-32-15-13-31)17-28-25-21-5-1-2-6-22(21)29-24(30-25)19-4-3-11-27-16-19/h1-11,16,23H,12-15,17H2,(H,28,29,30)/t23-/m1/s1. The minimum Gasteiger partial charge on any atom is -0.379 e. The van der Waals surface area contributed by atoms with Crippen molar-refractivity contribution in [3.8, 4) is 11.4 Å². The molecule has 0 aliphatic carbocycles. The zero-order chi connectivity index (χ0) is 21.8. The van der Waals surface area contributed by atoms with Crippen LogP contribution < -0.4 is 5.32 Å². The van der Waals surface area contributed by atoms with Gasteiger partial charge in [0.1, 0.15) is 11.6 Å². The predicted molar refractivity (Wildman–Crippen MR) is 123 cm³/mol. The maximum Gasteiger partial charge on any atom is 0.163 e. The van der Waals surface area contributed by atoms with Gasteiger partial charge in [-0.05, 0) is 42.0 Å². The molecular weight excluding hydrogens is 405 g/mol. The number of rotatable bonds is 6. The maximum atomic E-state index is 13.6. The van der Waals surface area contributed by atoms with E-state index in [0.717, 1.165) is 40.9 Å². The lowest BCUT2D eigenvalue weighted by Gasteiger charge is -2.35. The molecule has 1 saturated heterocycles. The fourth-order valence-electron chi connectivity index (χ4n) is 4.06. The van der Waals surface area contributed by atoms with Crippen LogP contribution in [0, 0.1) is 5.82 Å². The third kappa shape index (κ3) is 4.44. The minimum atomic E-state index is -0.231. The van der Waals surface area contributed by atoms with E-state index in [9.17, 15) is 4.39 Å². The largest absolute Gasteiger partial charge is 0.379 e. The SMILES string of the molecule is Fc1ccc([C@@H](CNc2nc(-c3cccnc3)nc3ccccc23)N2CCOCC2)cc1. The van der Waals surface area contributed by atoms with Gasteiger partial charge in [0.2, 0.25) is 0 Å². The molecule has 7 heteroatoms. The third-order valence-electron chi connectivity index (χ3n) is 5.73. The van der Waals surface area contributed by atoms with Crippen LogP contribution in [0.3, 0.4) is 0 Å². The van der Waals surface area contributed by atoms with Gasteiger partial charge in [0.05, 0.1) is 24.8 Å². The van der Waals surface area contributed by atoms with Gasteiger partial charge in [0.25, 0.3) is 0 Å². The van der Waals surface area contributed by atoms with E-state index in [1.165, 1.54) is 12.1 Å². The van der Waals surface area contributed by atoms with Gasteiger partial charge in [-0.2, -0.15) is 0 Å². The molecule has 1 fully saturated rings. The number of anilines is 1. The van der Waals surface area contributed by atoms with Crippen LogP contribution in [0.4, 0.5) is 10.2 Å². The second-order valence-electron chi connectivity index (χ2n) is 7.75. The van der Waals surface area contributed by atoms with Gasteiger partial charge >= 0.3 is 0 Å². The fourth-order valence-corrected chi connectivity index (χ4v) is 4.06. The van der Waals surface area contributed by atoms with Gasteiger partial charge in [-0.25, -0.2) is 14.4 Å². The Balaban J connectivity index is 1.48. The summed E-state index contributed by atoms with van der Waals surface area (Å²) in [6, 6.07) is 18.6. The van der Waals surface area contributed by atoms with Gasteiger partial charge in [-0.1, -0.05) is 24.3 Å². The number of benzene rings is 2. The summed E-state index contributed by atoms with van der Waals surface area (Å²) >= 11 is 0.